The Bertz CT molecular complexity index is 549. The summed E-state index contributed by atoms with van der Waals surface area (Å²) in [5, 5.41) is 0. The molecule has 0 aliphatic carbocycles. The predicted molar refractivity (Wildman–Crippen MR) is 66.6 cm³/mol. The van der Waals surface area contributed by atoms with Crippen LogP contribution < -0.4 is 16.0 Å². The molecule has 2 N–H and O–H groups in total. The van der Waals surface area contributed by atoms with Crippen LogP contribution in [0.5, 0.6) is 5.75 Å². The molecule has 0 aliphatic rings. The monoisotopic (exact) mass is 230 g/mol. The highest BCUT2D eigenvalue weighted by Crippen LogP contribution is 2.15. The lowest BCUT2D eigenvalue weighted by Crippen LogP contribution is -2.15. The van der Waals surface area contributed by atoms with Crippen molar-refractivity contribution in [3.05, 3.63) is 59.0 Å². The molecule has 2 rings (SSSR count). The minimum Gasteiger partial charge on any atom is -0.492 e. The standard InChI is InChI=1S/C13H14N2O2/c14-7-9-17-12-5-3-4-11(10-12)15-8-2-1-6-13(15)16/h1-6,8,10H,7,9,14H2. The average molecular weight is 230 g/mol. The Morgan fingerprint density at radius 2 is 2.06 bits per heavy atom. The SMILES string of the molecule is NCCOc1cccc(-n2ccccc2=O)c1. The molecule has 0 atom stereocenters. The Morgan fingerprint density at radius 1 is 1.18 bits per heavy atom. The second-order valence-corrected chi connectivity index (χ2v) is 3.54. The number of hydrogen-bond donors (Lipinski definition) is 1. The summed E-state index contributed by atoms with van der Waals surface area (Å²) < 4.78 is 6.98. The second kappa shape index (κ2) is 5.32. The summed E-state index contributed by atoms with van der Waals surface area (Å²) in [6.45, 7) is 0.933. The van der Waals surface area contributed by atoms with Crippen molar-refractivity contribution in [2.75, 3.05) is 13.2 Å². The Hall–Kier alpha value is -2.07. The van der Waals surface area contributed by atoms with Gasteiger partial charge in [-0.3, -0.25) is 9.36 Å². The van der Waals surface area contributed by atoms with Crippen LogP contribution in [-0.4, -0.2) is 17.7 Å². The molecule has 0 aliphatic heterocycles. The zero-order valence-corrected chi connectivity index (χ0v) is 9.37. The number of nitrogens with two attached hydrogens (primary N) is 1. The third-order valence-electron chi connectivity index (χ3n) is 2.30. The molecule has 0 saturated carbocycles. The number of ether oxygens (including phenoxy) is 1. The van der Waals surface area contributed by atoms with E-state index in [1.807, 2.05) is 30.3 Å². The molecule has 0 bridgehead atoms. The van der Waals surface area contributed by atoms with Crippen LogP contribution in [0, 0.1) is 0 Å². The Balaban J connectivity index is 2.33. The van der Waals surface area contributed by atoms with Crippen LogP contribution in [-0.2, 0) is 0 Å². The number of aromatic nitrogens is 1. The summed E-state index contributed by atoms with van der Waals surface area (Å²) in [5.74, 6) is 0.712. The van der Waals surface area contributed by atoms with Crippen LogP contribution in [0.3, 0.4) is 0 Å². The molecular formula is C13H14N2O2. The first-order chi connectivity index (χ1) is 8.31. The molecule has 4 nitrogen and oxygen atoms in total. The van der Waals surface area contributed by atoms with Gasteiger partial charge in [0.15, 0.2) is 0 Å². The molecule has 0 radical (unpaired) electrons. The first-order valence-electron chi connectivity index (χ1n) is 5.42. The van der Waals surface area contributed by atoms with E-state index in [-0.39, 0.29) is 5.56 Å². The van der Waals surface area contributed by atoms with Crippen LogP contribution in [0.1, 0.15) is 0 Å². The molecule has 4 heteroatoms. The first kappa shape index (κ1) is 11.4. The van der Waals surface area contributed by atoms with Crippen molar-refractivity contribution >= 4 is 0 Å². The van der Waals surface area contributed by atoms with E-state index in [0.29, 0.717) is 18.9 Å². The highest BCUT2D eigenvalue weighted by atomic mass is 16.5. The molecule has 88 valence electrons. The van der Waals surface area contributed by atoms with Crippen molar-refractivity contribution in [3.63, 3.8) is 0 Å². The predicted octanol–water partition coefficient (Wildman–Crippen LogP) is 1.17. The van der Waals surface area contributed by atoms with E-state index in [2.05, 4.69) is 0 Å². The van der Waals surface area contributed by atoms with Gasteiger partial charge in [-0.05, 0) is 18.2 Å². The molecule has 1 aromatic carbocycles. The topological polar surface area (TPSA) is 57.2 Å². The summed E-state index contributed by atoms with van der Waals surface area (Å²) in [7, 11) is 0. The maximum atomic E-state index is 11.6. The van der Waals surface area contributed by atoms with Gasteiger partial charge in [0.25, 0.3) is 5.56 Å². The maximum absolute atomic E-state index is 11.6. The third-order valence-corrected chi connectivity index (χ3v) is 2.30. The lowest BCUT2D eigenvalue weighted by atomic mass is 10.3. The Labute approximate surface area is 99.3 Å². The van der Waals surface area contributed by atoms with Gasteiger partial charge in [0.1, 0.15) is 12.4 Å². The van der Waals surface area contributed by atoms with Gasteiger partial charge in [0, 0.05) is 24.9 Å². The molecule has 0 spiro atoms. The van der Waals surface area contributed by atoms with Crippen molar-refractivity contribution in [3.8, 4) is 11.4 Å². The minimum atomic E-state index is -0.0662. The number of benzene rings is 1. The highest BCUT2D eigenvalue weighted by Gasteiger charge is 2.00. The van der Waals surface area contributed by atoms with Crippen LogP contribution in [0.25, 0.3) is 5.69 Å². The Morgan fingerprint density at radius 3 is 2.82 bits per heavy atom. The summed E-state index contributed by atoms with van der Waals surface area (Å²) in [4.78, 5) is 11.6. The molecule has 0 unspecified atom stereocenters. The molecule has 2 aromatic rings. The fourth-order valence-electron chi connectivity index (χ4n) is 1.54. The second-order valence-electron chi connectivity index (χ2n) is 3.54. The van der Waals surface area contributed by atoms with Crippen LogP contribution in [0.15, 0.2) is 53.5 Å². The van der Waals surface area contributed by atoms with Gasteiger partial charge in [0.2, 0.25) is 0 Å². The largest absolute Gasteiger partial charge is 0.492 e. The zero-order valence-electron chi connectivity index (χ0n) is 9.37. The number of rotatable bonds is 4. The van der Waals surface area contributed by atoms with Gasteiger partial charge in [-0.2, -0.15) is 0 Å². The lowest BCUT2D eigenvalue weighted by Gasteiger charge is -2.08. The number of hydrogen-bond acceptors (Lipinski definition) is 3. The average Bonchev–Trinajstić information content (AvgIpc) is 2.37. The van der Waals surface area contributed by atoms with Gasteiger partial charge < -0.3 is 10.5 Å². The van der Waals surface area contributed by atoms with Gasteiger partial charge in [-0.1, -0.05) is 12.1 Å². The van der Waals surface area contributed by atoms with Crippen molar-refractivity contribution in [2.45, 2.75) is 0 Å². The molecule has 1 aromatic heterocycles. The number of nitrogens with zero attached hydrogens (tertiary/aromatic N) is 1. The quantitative estimate of drug-likeness (QED) is 0.858. The minimum absolute atomic E-state index is 0.0662. The lowest BCUT2D eigenvalue weighted by molar-refractivity contribution is 0.328. The smallest absolute Gasteiger partial charge is 0.255 e. The molecule has 17 heavy (non-hydrogen) atoms. The molecular weight excluding hydrogens is 216 g/mol. The fourth-order valence-corrected chi connectivity index (χ4v) is 1.54. The Kier molecular flexibility index (Phi) is 3.57. The van der Waals surface area contributed by atoms with Crippen molar-refractivity contribution < 1.29 is 4.74 Å². The van der Waals surface area contributed by atoms with E-state index in [4.69, 9.17) is 10.5 Å². The van der Waals surface area contributed by atoms with Crippen LogP contribution in [0.2, 0.25) is 0 Å². The van der Waals surface area contributed by atoms with Crippen molar-refractivity contribution in [1.29, 1.82) is 0 Å². The van der Waals surface area contributed by atoms with Gasteiger partial charge >= 0.3 is 0 Å². The fraction of sp³-hybridized carbons (Fsp3) is 0.154. The normalized spacial score (nSPS) is 10.2. The highest BCUT2D eigenvalue weighted by molar-refractivity contribution is 5.39. The maximum Gasteiger partial charge on any atom is 0.255 e. The van der Waals surface area contributed by atoms with Crippen molar-refractivity contribution in [1.82, 2.24) is 4.57 Å². The molecule has 0 amide bonds. The number of pyridine rings is 1. The summed E-state index contributed by atoms with van der Waals surface area (Å²) in [6.07, 6.45) is 1.73. The molecule has 1 heterocycles. The molecule has 0 saturated heterocycles. The van der Waals surface area contributed by atoms with E-state index in [1.165, 1.54) is 6.07 Å². The van der Waals surface area contributed by atoms with Crippen LogP contribution >= 0.6 is 0 Å². The summed E-state index contributed by atoms with van der Waals surface area (Å²) >= 11 is 0. The van der Waals surface area contributed by atoms with E-state index >= 15 is 0 Å². The summed E-state index contributed by atoms with van der Waals surface area (Å²) in [6, 6.07) is 12.4. The van der Waals surface area contributed by atoms with E-state index in [1.54, 1.807) is 16.8 Å². The first-order valence-corrected chi connectivity index (χ1v) is 5.42. The van der Waals surface area contributed by atoms with Gasteiger partial charge in [-0.25, -0.2) is 0 Å². The van der Waals surface area contributed by atoms with Gasteiger partial charge in [-0.15, -0.1) is 0 Å². The van der Waals surface area contributed by atoms with Crippen molar-refractivity contribution in [2.24, 2.45) is 5.73 Å². The third kappa shape index (κ3) is 2.73. The van der Waals surface area contributed by atoms with Gasteiger partial charge in [0.05, 0.1) is 5.69 Å². The van der Waals surface area contributed by atoms with Crippen LogP contribution in [0.4, 0.5) is 0 Å². The van der Waals surface area contributed by atoms with E-state index < -0.39 is 0 Å². The van der Waals surface area contributed by atoms with E-state index in [9.17, 15) is 4.79 Å². The summed E-state index contributed by atoms with van der Waals surface area (Å²) in [5.41, 5.74) is 6.09. The van der Waals surface area contributed by atoms with E-state index in [0.717, 1.165) is 5.69 Å². The molecule has 0 fully saturated rings. The zero-order chi connectivity index (χ0) is 12.1.